The molecular formula is C9H18N4. The van der Waals surface area contributed by atoms with Gasteiger partial charge in [0, 0.05) is 25.3 Å². The number of hydrogen-bond acceptors (Lipinski definition) is 3. The molecule has 4 nitrogen and oxygen atoms in total. The lowest BCUT2D eigenvalue weighted by atomic mass is 10.0. The standard InChI is InChI=1S/C9H18N4/c1-4-9(2,10)7-11-8-5-12-13(3)6-8/h5-6,11H,4,7,10H2,1-3H3. The highest BCUT2D eigenvalue weighted by atomic mass is 15.3. The molecule has 0 saturated heterocycles. The van der Waals surface area contributed by atoms with Gasteiger partial charge in [-0.3, -0.25) is 4.68 Å². The van der Waals surface area contributed by atoms with Gasteiger partial charge in [0.15, 0.2) is 0 Å². The van der Waals surface area contributed by atoms with Crippen LogP contribution in [-0.2, 0) is 7.05 Å². The third-order valence-corrected chi connectivity index (χ3v) is 2.21. The van der Waals surface area contributed by atoms with Crippen molar-refractivity contribution in [2.24, 2.45) is 12.8 Å². The van der Waals surface area contributed by atoms with Gasteiger partial charge in [0.2, 0.25) is 0 Å². The maximum absolute atomic E-state index is 5.98. The summed E-state index contributed by atoms with van der Waals surface area (Å²) >= 11 is 0. The number of nitrogens with two attached hydrogens (primary N) is 1. The lowest BCUT2D eigenvalue weighted by molar-refractivity contribution is 0.478. The molecule has 0 fully saturated rings. The predicted molar refractivity (Wildman–Crippen MR) is 54.6 cm³/mol. The molecule has 0 aliphatic rings. The Morgan fingerprint density at radius 2 is 2.38 bits per heavy atom. The minimum absolute atomic E-state index is 0.143. The summed E-state index contributed by atoms with van der Waals surface area (Å²) in [5.41, 5.74) is 6.86. The van der Waals surface area contributed by atoms with Crippen LogP contribution in [0.5, 0.6) is 0 Å². The molecule has 0 spiro atoms. The van der Waals surface area contributed by atoms with E-state index in [9.17, 15) is 0 Å². The Balaban J connectivity index is 2.43. The van der Waals surface area contributed by atoms with Crippen molar-refractivity contribution in [3.63, 3.8) is 0 Å². The van der Waals surface area contributed by atoms with Gasteiger partial charge in [-0.25, -0.2) is 0 Å². The maximum Gasteiger partial charge on any atom is 0.0727 e. The second-order valence-electron chi connectivity index (χ2n) is 3.76. The van der Waals surface area contributed by atoms with Gasteiger partial charge in [0.25, 0.3) is 0 Å². The zero-order valence-electron chi connectivity index (χ0n) is 8.54. The molecule has 74 valence electrons. The summed E-state index contributed by atoms with van der Waals surface area (Å²) in [4.78, 5) is 0. The average molecular weight is 182 g/mol. The molecule has 0 amide bonds. The van der Waals surface area contributed by atoms with Crippen molar-refractivity contribution >= 4 is 5.69 Å². The third kappa shape index (κ3) is 3.06. The predicted octanol–water partition coefficient (Wildman–Crippen LogP) is 0.959. The van der Waals surface area contributed by atoms with E-state index in [0.717, 1.165) is 18.7 Å². The highest BCUT2D eigenvalue weighted by molar-refractivity contribution is 5.38. The Labute approximate surface area is 79.1 Å². The Bertz CT molecular complexity index is 264. The SMILES string of the molecule is CCC(C)(N)CNc1cnn(C)c1. The molecule has 3 N–H and O–H groups in total. The zero-order valence-corrected chi connectivity index (χ0v) is 8.54. The van der Waals surface area contributed by atoms with E-state index in [1.54, 1.807) is 10.9 Å². The fourth-order valence-electron chi connectivity index (χ4n) is 0.941. The van der Waals surface area contributed by atoms with Gasteiger partial charge in [-0.2, -0.15) is 5.10 Å². The summed E-state index contributed by atoms with van der Waals surface area (Å²) in [5, 5.41) is 7.30. The number of nitrogens with one attached hydrogen (secondary N) is 1. The van der Waals surface area contributed by atoms with E-state index in [-0.39, 0.29) is 5.54 Å². The van der Waals surface area contributed by atoms with Gasteiger partial charge in [0.05, 0.1) is 11.9 Å². The molecular weight excluding hydrogens is 164 g/mol. The van der Waals surface area contributed by atoms with E-state index in [0.29, 0.717) is 0 Å². The maximum atomic E-state index is 5.98. The molecule has 1 rings (SSSR count). The second-order valence-corrected chi connectivity index (χ2v) is 3.76. The van der Waals surface area contributed by atoms with Crippen LogP contribution in [0.25, 0.3) is 0 Å². The molecule has 13 heavy (non-hydrogen) atoms. The van der Waals surface area contributed by atoms with Gasteiger partial charge in [-0.1, -0.05) is 6.92 Å². The zero-order chi connectivity index (χ0) is 9.90. The topological polar surface area (TPSA) is 55.9 Å². The quantitative estimate of drug-likeness (QED) is 0.729. The Hall–Kier alpha value is -1.03. The van der Waals surface area contributed by atoms with Crippen LogP contribution in [0, 0.1) is 0 Å². The fourth-order valence-corrected chi connectivity index (χ4v) is 0.941. The first kappa shape index (κ1) is 10.1. The van der Waals surface area contributed by atoms with E-state index in [4.69, 9.17) is 5.73 Å². The molecule has 1 atom stereocenters. The molecule has 0 bridgehead atoms. The first-order chi connectivity index (χ1) is 6.03. The summed E-state index contributed by atoms with van der Waals surface area (Å²) < 4.78 is 1.77. The van der Waals surface area contributed by atoms with Crippen LogP contribution in [0.1, 0.15) is 20.3 Å². The van der Waals surface area contributed by atoms with Gasteiger partial charge < -0.3 is 11.1 Å². The number of anilines is 1. The summed E-state index contributed by atoms with van der Waals surface area (Å²) in [6.07, 6.45) is 4.69. The van der Waals surface area contributed by atoms with Crippen molar-refractivity contribution in [1.29, 1.82) is 0 Å². The van der Waals surface area contributed by atoms with Crippen LogP contribution in [0.4, 0.5) is 5.69 Å². The molecule has 0 aliphatic heterocycles. The summed E-state index contributed by atoms with van der Waals surface area (Å²) in [6.45, 7) is 4.90. The third-order valence-electron chi connectivity index (χ3n) is 2.21. The second kappa shape index (κ2) is 3.79. The Morgan fingerprint density at radius 1 is 1.69 bits per heavy atom. The number of aromatic nitrogens is 2. The first-order valence-corrected chi connectivity index (χ1v) is 4.55. The molecule has 0 radical (unpaired) electrons. The van der Waals surface area contributed by atoms with E-state index in [2.05, 4.69) is 17.3 Å². The lowest BCUT2D eigenvalue weighted by Crippen LogP contribution is -2.42. The van der Waals surface area contributed by atoms with E-state index in [1.165, 1.54) is 0 Å². The van der Waals surface area contributed by atoms with E-state index < -0.39 is 0 Å². The monoisotopic (exact) mass is 182 g/mol. The van der Waals surface area contributed by atoms with Crippen LogP contribution in [0.15, 0.2) is 12.4 Å². The van der Waals surface area contributed by atoms with Crippen molar-refractivity contribution in [2.75, 3.05) is 11.9 Å². The molecule has 1 aromatic rings. The minimum Gasteiger partial charge on any atom is -0.381 e. The van der Waals surface area contributed by atoms with Crippen molar-refractivity contribution in [3.8, 4) is 0 Å². The van der Waals surface area contributed by atoms with Crippen LogP contribution < -0.4 is 11.1 Å². The molecule has 1 aromatic heterocycles. The van der Waals surface area contributed by atoms with Crippen molar-refractivity contribution in [3.05, 3.63) is 12.4 Å². The Morgan fingerprint density at radius 3 is 2.85 bits per heavy atom. The lowest BCUT2D eigenvalue weighted by Gasteiger charge is -2.22. The molecule has 0 saturated carbocycles. The highest BCUT2D eigenvalue weighted by Gasteiger charge is 2.14. The largest absolute Gasteiger partial charge is 0.381 e. The van der Waals surface area contributed by atoms with E-state index in [1.807, 2.05) is 20.2 Å². The van der Waals surface area contributed by atoms with E-state index >= 15 is 0 Å². The van der Waals surface area contributed by atoms with Gasteiger partial charge in [-0.05, 0) is 13.3 Å². The summed E-state index contributed by atoms with van der Waals surface area (Å²) in [6, 6.07) is 0. The minimum atomic E-state index is -0.143. The normalized spacial score (nSPS) is 15.4. The van der Waals surface area contributed by atoms with Gasteiger partial charge >= 0.3 is 0 Å². The van der Waals surface area contributed by atoms with Crippen molar-refractivity contribution in [1.82, 2.24) is 9.78 Å². The number of hydrogen-bond donors (Lipinski definition) is 2. The molecule has 1 unspecified atom stereocenters. The first-order valence-electron chi connectivity index (χ1n) is 4.55. The molecule has 0 aliphatic carbocycles. The van der Waals surface area contributed by atoms with Crippen LogP contribution in [0.3, 0.4) is 0 Å². The summed E-state index contributed by atoms with van der Waals surface area (Å²) in [5.74, 6) is 0. The van der Waals surface area contributed by atoms with Crippen LogP contribution in [0.2, 0.25) is 0 Å². The fraction of sp³-hybridized carbons (Fsp3) is 0.667. The summed E-state index contributed by atoms with van der Waals surface area (Å²) in [7, 11) is 1.90. The molecule has 4 heteroatoms. The molecule has 1 heterocycles. The smallest absolute Gasteiger partial charge is 0.0727 e. The highest BCUT2D eigenvalue weighted by Crippen LogP contribution is 2.08. The Kier molecular flexibility index (Phi) is 2.93. The number of rotatable bonds is 4. The van der Waals surface area contributed by atoms with Crippen LogP contribution >= 0.6 is 0 Å². The van der Waals surface area contributed by atoms with Crippen molar-refractivity contribution in [2.45, 2.75) is 25.8 Å². The van der Waals surface area contributed by atoms with Crippen molar-refractivity contribution < 1.29 is 0 Å². The van der Waals surface area contributed by atoms with Crippen LogP contribution in [-0.4, -0.2) is 21.9 Å². The average Bonchev–Trinajstić information content (AvgIpc) is 2.48. The molecule has 0 aromatic carbocycles. The number of nitrogens with zero attached hydrogens (tertiary/aromatic N) is 2. The van der Waals surface area contributed by atoms with Gasteiger partial charge in [0.1, 0.15) is 0 Å². The number of aryl methyl sites for hydroxylation is 1. The van der Waals surface area contributed by atoms with Gasteiger partial charge in [-0.15, -0.1) is 0 Å².